The molecule has 2 nitrogen and oxygen atoms in total. The molecular weight excluding hydrogens is 88.1 g/mol. The van der Waals surface area contributed by atoms with Crippen molar-refractivity contribution in [3.8, 4) is 0 Å². The lowest BCUT2D eigenvalue weighted by Crippen LogP contribution is -2.24. The van der Waals surface area contributed by atoms with Gasteiger partial charge in [0.1, 0.15) is 0 Å². The first-order valence-electron chi connectivity index (χ1n) is 2.39. The van der Waals surface area contributed by atoms with E-state index in [0.29, 0.717) is 0 Å². The molecule has 0 radical (unpaired) electrons. The summed E-state index contributed by atoms with van der Waals surface area (Å²) in [6.45, 7) is 4.10. The van der Waals surface area contributed by atoms with Crippen LogP contribution in [0.1, 0.15) is 13.8 Å². The lowest BCUT2D eigenvalue weighted by Gasteiger charge is -1.91. The van der Waals surface area contributed by atoms with E-state index in [0.717, 1.165) is 0 Å². The van der Waals surface area contributed by atoms with Crippen molar-refractivity contribution in [1.82, 2.24) is 5.43 Å². The van der Waals surface area contributed by atoms with Gasteiger partial charge in [-0.15, -0.1) is 4.68 Å². The third kappa shape index (κ3) is 2.20. The number of nitrogens with zero attached hydrogens (tertiary/aromatic N) is 1. The first-order chi connectivity index (χ1) is 3.18. The molecule has 0 fully saturated rings. The maximum atomic E-state index is 2.96. The summed E-state index contributed by atoms with van der Waals surface area (Å²) in [5.74, 6) is 0. The van der Waals surface area contributed by atoms with Crippen molar-refractivity contribution in [2.24, 2.45) is 0 Å². The third-order valence-corrected chi connectivity index (χ3v) is 1.01. The average Bonchev–Trinajstić information content (AvgIpc) is 1.65. The molecule has 0 aliphatic carbocycles. The fourth-order valence-corrected chi connectivity index (χ4v) is 0.224. The summed E-state index contributed by atoms with van der Waals surface area (Å²) < 4.78 is 1.96. The highest BCUT2D eigenvalue weighted by atomic mass is 15.4. The van der Waals surface area contributed by atoms with Gasteiger partial charge in [-0.3, -0.25) is 0 Å². The van der Waals surface area contributed by atoms with E-state index in [4.69, 9.17) is 0 Å². The summed E-state index contributed by atoms with van der Waals surface area (Å²) in [5, 5.41) is 0. The predicted octanol–water partition coefficient (Wildman–Crippen LogP) is 0.244. The van der Waals surface area contributed by atoms with Crippen LogP contribution in [-0.4, -0.2) is 24.5 Å². The molecule has 2 heteroatoms. The number of hydrogen-bond donors (Lipinski definition) is 1. The quantitative estimate of drug-likeness (QED) is 0.284. The van der Waals surface area contributed by atoms with Gasteiger partial charge < -0.3 is 0 Å². The van der Waals surface area contributed by atoms with Gasteiger partial charge in [0.25, 0.3) is 0 Å². The predicted molar refractivity (Wildman–Crippen MR) is 31.6 cm³/mol. The zero-order valence-electron chi connectivity index (χ0n) is 5.45. The minimum absolute atomic E-state index is 1.27. The van der Waals surface area contributed by atoms with Crippen molar-refractivity contribution in [2.75, 3.05) is 14.1 Å². The molecule has 0 bridgehead atoms. The van der Waals surface area contributed by atoms with E-state index in [-0.39, 0.29) is 0 Å². The van der Waals surface area contributed by atoms with E-state index < -0.39 is 0 Å². The molecule has 0 unspecified atom stereocenters. The average molecular weight is 101 g/mol. The normalized spacial score (nSPS) is 8.00. The van der Waals surface area contributed by atoms with Crippen LogP contribution in [0.4, 0.5) is 0 Å². The highest BCUT2D eigenvalue weighted by Gasteiger charge is 1.89. The molecule has 7 heavy (non-hydrogen) atoms. The van der Waals surface area contributed by atoms with Gasteiger partial charge >= 0.3 is 0 Å². The Kier molecular flexibility index (Phi) is 2.41. The zero-order chi connectivity index (χ0) is 5.86. The van der Waals surface area contributed by atoms with E-state index in [1.54, 1.807) is 0 Å². The van der Waals surface area contributed by atoms with E-state index >= 15 is 0 Å². The standard InChI is InChI=1S/C5H13N2/c1-5(2)7(4)6-3/h6H,1-4H3/q+1. The molecule has 0 aliphatic heterocycles. The van der Waals surface area contributed by atoms with Gasteiger partial charge in [-0.05, 0) is 0 Å². The second-order valence-corrected chi connectivity index (χ2v) is 1.73. The lowest BCUT2D eigenvalue weighted by atomic mass is 10.5. The Morgan fingerprint density at radius 3 is 1.86 bits per heavy atom. The Bertz CT molecular complexity index is 80.1. The SMILES string of the molecule is CN[N+](C)=C(C)C. The van der Waals surface area contributed by atoms with Crippen molar-refractivity contribution in [3.05, 3.63) is 0 Å². The molecule has 42 valence electrons. The zero-order valence-corrected chi connectivity index (χ0v) is 5.45. The van der Waals surface area contributed by atoms with Crippen LogP contribution in [0, 0.1) is 0 Å². The fourth-order valence-electron chi connectivity index (χ4n) is 0.224. The fraction of sp³-hybridized carbons (Fsp3) is 0.800. The van der Waals surface area contributed by atoms with E-state index in [9.17, 15) is 0 Å². The molecule has 0 rings (SSSR count). The van der Waals surface area contributed by atoms with Crippen molar-refractivity contribution >= 4 is 5.71 Å². The first-order valence-corrected chi connectivity index (χ1v) is 2.39. The van der Waals surface area contributed by atoms with Crippen molar-refractivity contribution in [1.29, 1.82) is 0 Å². The summed E-state index contributed by atoms with van der Waals surface area (Å²) in [7, 11) is 3.88. The van der Waals surface area contributed by atoms with E-state index in [2.05, 4.69) is 19.3 Å². The Morgan fingerprint density at radius 1 is 1.43 bits per heavy atom. The summed E-state index contributed by atoms with van der Waals surface area (Å²) in [6.07, 6.45) is 0. The highest BCUT2D eigenvalue weighted by molar-refractivity contribution is 5.73. The molecule has 0 aliphatic rings. The minimum atomic E-state index is 1.27. The molecule has 1 N–H and O–H groups in total. The summed E-state index contributed by atoms with van der Waals surface area (Å²) in [6, 6.07) is 0. The minimum Gasteiger partial charge on any atom is -0.202 e. The topological polar surface area (TPSA) is 15.0 Å². The Morgan fingerprint density at radius 2 is 1.86 bits per heavy atom. The first kappa shape index (κ1) is 6.47. The summed E-state index contributed by atoms with van der Waals surface area (Å²) in [4.78, 5) is 0. The van der Waals surface area contributed by atoms with Gasteiger partial charge in [-0.2, -0.15) is 0 Å². The Labute approximate surface area is 44.8 Å². The van der Waals surface area contributed by atoms with Crippen LogP contribution in [0.15, 0.2) is 0 Å². The van der Waals surface area contributed by atoms with Gasteiger partial charge in [-0.1, -0.05) is 0 Å². The number of hydrazine groups is 1. The highest BCUT2D eigenvalue weighted by Crippen LogP contribution is 1.64. The molecule has 0 aromatic carbocycles. The maximum Gasteiger partial charge on any atom is 0.175 e. The monoisotopic (exact) mass is 101 g/mol. The Hall–Kier alpha value is -0.530. The molecule has 0 atom stereocenters. The van der Waals surface area contributed by atoms with Crippen LogP contribution < -0.4 is 5.43 Å². The number of rotatable bonds is 1. The molecule has 0 amide bonds. The van der Waals surface area contributed by atoms with Crippen LogP contribution in [0.25, 0.3) is 0 Å². The third-order valence-electron chi connectivity index (χ3n) is 1.01. The van der Waals surface area contributed by atoms with E-state index in [1.165, 1.54) is 5.71 Å². The second kappa shape index (κ2) is 2.61. The van der Waals surface area contributed by atoms with Crippen molar-refractivity contribution in [2.45, 2.75) is 13.8 Å². The van der Waals surface area contributed by atoms with Gasteiger partial charge in [0.05, 0.1) is 7.05 Å². The van der Waals surface area contributed by atoms with E-state index in [1.807, 2.05) is 18.8 Å². The van der Waals surface area contributed by atoms with Crippen molar-refractivity contribution < 1.29 is 4.68 Å². The summed E-state index contributed by atoms with van der Waals surface area (Å²) in [5.41, 5.74) is 4.23. The molecule has 0 aromatic rings. The van der Waals surface area contributed by atoms with Crippen LogP contribution in [-0.2, 0) is 0 Å². The van der Waals surface area contributed by atoms with Crippen LogP contribution >= 0.6 is 0 Å². The molecule has 0 spiro atoms. The number of hydrazone groups is 1. The van der Waals surface area contributed by atoms with Gasteiger partial charge in [0.15, 0.2) is 12.8 Å². The van der Waals surface area contributed by atoms with Crippen LogP contribution in [0.5, 0.6) is 0 Å². The molecule has 0 heterocycles. The molecule has 0 saturated carbocycles. The van der Waals surface area contributed by atoms with Crippen molar-refractivity contribution in [3.63, 3.8) is 0 Å². The largest absolute Gasteiger partial charge is 0.202 e. The van der Waals surface area contributed by atoms with Gasteiger partial charge in [0.2, 0.25) is 0 Å². The number of hydrogen-bond acceptors (Lipinski definition) is 1. The number of nitrogens with one attached hydrogen (secondary N) is 1. The molecule has 0 aromatic heterocycles. The lowest BCUT2D eigenvalue weighted by molar-refractivity contribution is -0.555. The smallest absolute Gasteiger partial charge is 0.175 e. The van der Waals surface area contributed by atoms with Gasteiger partial charge in [-0.25, -0.2) is 5.43 Å². The molecule has 0 saturated heterocycles. The maximum absolute atomic E-state index is 2.96. The van der Waals surface area contributed by atoms with Gasteiger partial charge in [0, 0.05) is 13.8 Å². The van der Waals surface area contributed by atoms with Crippen LogP contribution in [0.2, 0.25) is 0 Å². The second-order valence-electron chi connectivity index (χ2n) is 1.73. The van der Waals surface area contributed by atoms with Crippen LogP contribution in [0.3, 0.4) is 0 Å². The molecular formula is C5H13N2+. The summed E-state index contributed by atoms with van der Waals surface area (Å²) >= 11 is 0. The Balaban J connectivity index is 3.72.